The van der Waals surface area contributed by atoms with Gasteiger partial charge in [0.1, 0.15) is 12.1 Å². The fraction of sp³-hybridized carbons (Fsp3) is 0.429. The summed E-state index contributed by atoms with van der Waals surface area (Å²) in [6.07, 6.45) is 0.428. The van der Waals surface area contributed by atoms with Gasteiger partial charge < -0.3 is 21.1 Å². The van der Waals surface area contributed by atoms with E-state index in [0.717, 1.165) is 11.1 Å². The lowest BCUT2D eigenvalue weighted by Gasteiger charge is -2.36. The van der Waals surface area contributed by atoms with Gasteiger partial charge in [-0.25, -0.2) is 0 Å². The van der Waals surface area contributed by atoms with Crippen LogP contribution in [0.1, 0.15) is 11.1 Å². The maximum absolute atomic E-state index is 12.3. The highest BCUT2D eigenvalue weighted by molar-refractivity contribution is 5.89. The van der Waals surface area contributed by atoms with Gasteiger partial charge in [0.25, 0.3) is 0 Å². The smallest absolute Gasteiger partial charge is 0.242 e. The molecule has 2 amide bonds. The summed E-state index contributed by atoms with van der Waals surface area (Å²) < 4.78 is 4.89. The molecule has 0 saturated heterocycles. The number of primary amides is 1. The Morgan fingerprint density at radius 2 is 2.05 bits per heavy atom. The number of rotatable bonds is 4. The molecule has 4 N–H and O–H groups in total. The number of carbonyl (C=O) groups is 2. The topological polar surface area (TPSA) is 98.7 Å². The summed E-state index contributed by atoms with van der Waals surface area (Å²) in [5.41, 5.74) is 13.3. The van der Waals surface area contributed by atoms with Crippen molar-refractivity contribution in [3.8, 4) is 0 Å². The molecule has 1 aliphatic heterocycles. The van der Waals surface area contributed by atoms with Gasteiger partial charge in [0.05, 0.1) is 6.61 Å². The quantitative estimate of drug-likeness (QED) is 0.767. The second-order valence-corrected chi connectivity index (χ2v) is 4.92. The molecule has 6 nitrogen and oxygen atoms in total. The Morgan fingerprint density at radius 3 is 2.65 bits per heavy atom. The first-order valence-corrected chi connectivity index (χ1v) is 6.45. The van der Waals surface area contributed by atoms with E-state index >= 15 is 0 Å². The molecule has 0 bridgehead atoms. The fourth-order valence-corrected chi connectivity index (χ4v) is 2.47. The predicted octanol–water partition coefficient (Wildman–Crippen LogP) is -0.601. The molecule has 1 aliphatic rings. The number of benzene rings is 1. The third-order valence-corrected chi connectivity index (χ3v) is 3.52. The lowest BCUT2D eigenvalue weighted by atomic mass is 9.93. The molecule has 0 aromatic heterocycles. The molecule has 1 aromatic rings. The number of nitrogens with zero attached hydrogens (tertiary/aromatic N) is 1. The summed E-state index contributed by atoms with van der Waals surface area (Å²) in [5, 5.41) is 0. The molecule has 0 spiro atoms. The van der Waals surface area contributed by atoms with E-state index in [1.54, 1.807) is 0 Å². The zero-order valence-electron chi connectivity index (χ0n) is 11.4. The van der Waals surface area contributed by atoms with Crippen molar-refractivity contribution in [1.82, 2.24) is 4.90 Å². The number of fused-ring (bicyclic) bond motifs is 1. The molecule has 1 aromatic carbocycles. The number of nitrogens with two attached hydrogens (primary N) is 2. The van der Waals surface area contributed by atoms with Gasteiger partial charge >= 0.3 is 0 Å². The van der Waals surface area contributed by atoms with Gasteiger partial charge in [0.2, 0.25) is 11.8 Å². The Morgan fingerprint density at radius 1 is 1.40 bits per heavy atom. The first-order valence-electron chi connectivity index (χ1n) is 6.45. The van der Waals surface area contributed by atoms with E-state index in [4.69, 9.17) is 16.2 Å². The van der Waals surface area contributed by atoms with Crippen LogP contribution in [0.4, 0.5) is 0 Å². The number of hydrogen-bond acceptors (Lipinski definition) is 4. The summed E-state index contributed by atoms with van der Waals surface area (Å²) in [5.74, 6) is -0.831. The Balaban J connectivity index is 2.26. The maximum atomic E-state index is 12.3. The molecule has 0 radical (unpaired) electrons. The van der Waals surface area contributed by atoms with E-state index in [1.807, 2.05) is 24.3 Å². The lowest BCUT2D eigenvalue weighted by molar-refractivity contribution is -0.142. The minimum atomic E-state index is -0.785. The predicted molar refractivity (Wildman–Crippen MR) is 73.5 cm³/mol. The van der Waals surface area contributed by atoms with Crippen molar-refractivity contribution in [1.29, 1.82) is 0 Å². The fourth-order valence-electron chi connectivity index (χ4n) is 2.47. The van der Waals surface area contributed by atoms with E-state index in [0.29, 0.717) is 13.0 Å². The van der Waals surface area contributed by atoms with Crippen LogP contribution in [-0.4, -0.2) is 42.5 Å². The van der Waals surface area contributed by atoms with Crippen LogP contribution in [0.15, 0.2) is 24.3 Å². The van der Waals surface area contributed by atoms with E-state index in [9.17, 15) is 9.59 Å². The molecule has 6 heteroatoms. The number of hydrogen-bond donors (Lipinski definition) is 2. The molecule has 2 atom stereocenters. The van der Waals surface area contributed by atoms with Crippen molar-refractivity contribution < 1.29 is 14.3 Å². The molecule has 2 rings (SSSR count). The molecule has 0 saturated carbocycles. The van der Waals surface area contributed by atoms with Crippen LogP contribution < -0.4 is 11.5 Å². The highest BCUT2D eigenvalue weighted by Crippen LogP contribution is 2.23. The van der Waals surface area contributed by atoms with Gasteiger partial charge in [0.15, 0.2) is 0 Å². The molecule has 20 heavy (non-hydrogen) atoms. The normalized spacial score (nSPS) is 19.3. The number of ether oxygens (including phenoxy) is 1. The monoisotopic (exact) mass is 277 g/mol. The van der Waals surface area contributed by atoms with Crippen LogP contribution in [0.25, 0.3) is 0 Å². The van der Waals surface area contributed by atoms with Gasteiger partial charge in [-0.3, -0.25) is 9.59 Å². The van der Waals surface area contributed by atoms with E-state index in [-0.39, 0.29) is 12.5 Å². The molecule has 1 heterocycles. The zero-order chi connectivity index (χ0) is 14.7. The Bertz CT molecular complexity index is 518. The van der Waals surface area contributed by atoms with Gasteiger partial charge in [-0.15, -0.1) is 0 Å². The van der Waals surface area contributed by atoms with Crippen molar-refractivity contribution in [2.24, 2.45) is 11.5 Å². The summed E-state index contributed by atoms with van der Waals surface area (Å²) in [4.78, 5) is 25.4. The first kappa shape index (κ1) is 14.5. The third-order valence-electron chi connectivity index (χ3n) is 3.52. The average Bonchev–Trinajstić information content (AvgIpc) is 2.45. The zero-order valence-corrected chi connectivity index (χ0v) is 11.4. The summed E-state index contributed by atoms with van der Waals surface area (Å²) in [6, 6.07) is 6.26. The second-order valence-electron chi connectivity index (χ2n) is 4.92. The maximum Gasteiger partial charge on any atom is 0.242 e. The van der Waals surface area contributed by atoms with E-state index < -0.39 is 18.0 Å². The van der Waals surface area contributed by atoms with Crippen LogP contribution in [0.3, 0.4) is 0 Å². The van der Waals surface area contributed by atoms with E-state index in [2.05, 4.69) is 0 Å². The Hall–Kier alpha value is -1.92. The minimum Gasteiger partial charge on any atom is -0.383 e. The highest BCUT2D eigenvalue weighted by atomic mass is 16.5. The van der Waals surface area contributed by atoms with Gasteiger partial charge in [-0.1, -0.05) is 24.3 Å². The molecular weight excluding hydrogens is 258 g/mol. The van der Waals surface area contributed by atoms with Crippen LogP contribution in [0.5, 0.6) is 0 Å². The van der Waals surface area contributed by atoms with Crippen LogP contribution in [0, 0.1) is 0 Å². The van der Waals surface area contributed by atoms with Crippen LogP contribution in [0.2, 0.25) is 0 Å². The van der Waals surface area contributed by atoms with Crippen molar-refractivity contribution in [2.45, 2.75) is 25.0 Å². The summed E-state index contributed by atoms with van der Waals surface area (Å²) in [6.45, 7) is 0.461. The van der Waals surface area contributed by atoms with Crippen LogP contribution in [-0.2, 0) is 27.3 Å². The molecule has 1 unspecified atom stereocenters. The van der Waals surface area contributed by atoms with Crippen molar-refractivity contribution in [3.05, 3.63) is 35.4 Å². The van der Waals surface area contributed by atoms with Gasteiger partial charge in [0, 0.05) is 20.1 Å². The average molecular weight is 277 g/mol. The van der Waals surface area contributed by atoms with Crippen molar-refractivity contribution in [3.63, 3.8) is 0 Å². The Kier molecular flexibility index (Phi) is 4.36. The van der Waals surface area contributed by atoms with E-state index in [1.165, 1.54) is 12.0 Å². The summed E-state index contributed by atoms with van der Waals surface area (Å²) >= 11 is 0. The molecule has 0 aliphatic carbocycles. The largest absolute Gasteiger partial charge is 0.383 e. The number of methoxy groups -OCH3 is 1. The standard InChI is InChI=1S/C14H19N3O3/c1-20-8-11(15)14(19)17-7-10-5-3-2-4-9(10)6-12(17)13(16)18/h2-5,11-12H,6-8,15H2,1H3,(H2,16,18)/t11?,12-/m0/s1. The second kappa shape index (κ2) is 6.02. The van der Waals surface area contributed by atoms with Crippen molar-refractivity contribution >= 4 is 11.8 Å². The van der Waals surface area contributed by atoms with Gasteiger partial charge in [-0.05, 0) is 11.1 Å². The molecule has 0 fully saturated rings. The van der Waals surface area contributed by atoms with Gasteiger partial charge in [-0.2, -0.15) is 0 Å². The summed E-state index contributed by atoms with van der Waals surface area (Å²) in [7, 11) is 1.48. The first-order chi connectivity index (χ1) is 9.54. The highest BCUT2D eigenvalue weighted by Gasteiger charge is 2.35. The number of carbonyl (C=O) groups excluding carboxylic acids is 2. The van der Waals surface area contributed by atoms with Crippen molar-refractivity contribution in [2.75, 3.05) is 13.7 Å². The molecular formula is C14H19N3O3. The lowest BCUT2D eigenvalue weighted by Crippen LogP contribution is -2.56. The molecule has 108 valence electrons. The third kappa shape index (κ3) is 2.81. The minimum absolute atomic E-state index is 0.114. The van der Waals surface area contributed by atoms with Crippen LogP contribution >= 0.6 is 0 Å². The number of amides is 2. The SMILES string of the molecule is COCC(N)C(=O)N1Cc2ccccc2C[C@H]1C(N)=O. The Labute approximate surface area is 117 Å².